The Morgan fingerprint density at radius 1 is 0.962 bits per heavy atom. The molecule has 1 aromatic heterocycles. The van der Waals surface area contributed by atoms with E-state index in [1.165, 1.54) is 31.0 Å². The van der Waals surface area contributed by atoms with Gasteiger partial charge in [0.1, 0.15) is 6.33 Å². The number of nitrogens with zero attached hydrogens (tertiary/aromatic N) is 2. The first-order valence-electron chi connectivity index (χ1n) is 8.89. The molecule has 0 saturated carbocycles. The van der Waals surface area contributed by atoms with Crippen LogP contribution in [0.1, 0.15) is 34.5 Å². The van der Waals surface area contributed by atoms with E-state index in [9.17, 15) is 4.79 Å². The molecule has 1 heterocycles. The van der Waals surface area contributed by atoms with Crippen molar-refractivity contribution in [3.8, 4) is 22.4 Å². The highest BCUT2D eigenvalue weighted by atomic mass is 16.5. The number of ether oxygens (including phenoxy) is 1. The summed E-state index contributed by atoms with van der Waals surface area (Å²) in [5.74, 6) is -0.437. The van der Waals surface area contributed by atoms with Crippen molar-refractivity contribution < 1.29 is 9.53 Å². The number of hydrogen-bond donors (Lipinski definition) is 0. The van der Waals surface area contributed by atoms with E-state index in [1.54, 1.807) is 0 Å². The van der Waals surface area contributed by atoms with Gasteiger partial charge in [-0.2, -0.15) is 0 Å². The fraction of sp³-hybridized carbons (Fsp3) is 0.227. The molecule has 130 valence electrons. The lowest BCUT2D eigenvalue weighted by Gasteiger charge is -2.21. The van der Waals surface area contributed by atoms with Gasteiger partial charge >= 0.3 is 5.97 Å². The first-order valence-corrected chi connectivity index (χ1v) is 8.89. The highest BCUT2D eigenvalue weighted by Gasteiger charge is 2.24. The van der Waals surface area contributed by atoms with Crippen molar-refractivity contribution in [3.63, 3.8) is 0 Å². The zero-order chi connectivity index (χ0) is 17.9. The lowest BCUT2D eigenvalue weighted by atomic mass is 9.84. The van der Waals surface area contributed by atoms with Crippen LogP contribution < -0.4 is 0 Å². The fourth-order valence-electron chi connectivity index (χ4n) is 3.72. The third-order valence-corrected chi connectivity index (χ3v) is 4.94. The summed E-state index contributed by atoms with van der Waals surface area (Å²) < 4.78 is 5.00. The van der Waals surface area contributed by atoms with Crippen molar-refractivity contribution in [2.45, 2.75) is 25.7 Å². The van der Waals surface area contributed by atoms with Crippen molar-refractivity contribution in [2.75, 3.05) is 7.11 Å². The minimum absolute atomic E-state index is 0.320. The van der Waals surface area contributed by atoms with E-state index in [-0.39, 0.29) is 0 Å². The number of benzene rings is 2. The van der Waals surface area contributed by atoms with Gasteiger partial charge < -0.3 is 4.74 Å². The Balaban J connectivity index is 2.02. The van der Waals surface area contributed by atoms with Crippen LogP contribution in [0, 0.1) is 0 Å². The predicted octanol–water partition coefficient (Wildman–Crippen LogP) is 4.48. The molecule has 0 atom stereocenters. The van der Waals surface area contributed by atoms with Gasteiger partial charge in [-0.05, 0) is 42.4 Å². The Labute approximate surface area is 152 Å². The zero-order valence-corrected chi connectivity index (χ0v) is 14.7. The Hall–Kier alpha value is -3.01. The van der Waals surface area contributed by atoms with E-state index in [1.807, 2.05) is 30.3 Å². The molecule has 0 fully saturated rings. The normalized spacial score (nSPS) is 13.1. The highest BCUT2D eigenvalue weighted by Crippen LogP contribution is 2.38. The average Bonchev–Trinajstić information content (AvgIpc) is 2.73. The number of fused-ring (bicyclic) bond motifs is 1. The maximum absolute atomic E-state index is 12.4. The molecule has 4 rings (SSSR count). The molecule has 0 amide bonds. The Morgan fingerprint density at radius 3 is 2.58 bits per heavy atom. The van der Waals surface area contributed by atoms with E-state index in [4.69, 9.17) is 4.74 Å². The van der Waals surface area contributed by atoms with E-state index in [0.29, 0.717) is 5.69 Å². The van der Waals surface area contributed by atoms with Crippen molar-refractivity contribution in [1.82, 2.24) is 9.97 Å². The fourth-order valence-corrected chi connectivity index (χ4v) is 3.72. The average molecular weight is 344 g/mol. The number of methoxy groups -OCH3 is 1. The zero-order valence-electron chi connectivity index (χ0n) is 14.7. The minimum atomic E-state index is -0.437. The molecule has 0 unspecified atom stereocenters. The van der Waals surface area contributed by atoms with E-state index in [0.717, 1.165) is 41.6 Å². The van der Waals surface area contributed by atoms with Crippen molar-refractivity contribution in [3.05, 3.63) is 71.7 Å². The second kappa shape index (κ2) is 7.08. The molecule has 0 radical (unpaired) electrons. The molecule has 2 aromatic carbocycles. The number of hydrogen-bond acceptors (Lipinski definition) is 4. The first kappa shape index (κ1) is 16.5. The van der Waals surface area contributed by atoms with Crippen LogP contribution in [-0.2, 0) is 17.6 Å². The summed E-state index contributed by atoms with van der Waals surface area (Å²) in [5, 5.41) is 0. The van der Waals surface area contributed by atoms with Gasteiger partial charge in [0.25, 0.3) is 0 Å². The maximum atomic E-state index is 12.4. The minimum Gasteiger partial charge on any atom is -0.464 e. The summed E-state index contributed by atoms with van der Waals surface area (Å²) in [6, 6.07) is 16.2. The third-order valence-electron chi connectivity index (χ3n) is 4.94. The lowest BCUT2D eigenvalue weighted by Crippen LogP contribution is -2.11. The molecule has 0 aliphatic heterocycles. The molecule has 4 heteroatoms. The second-order valence-electron chi connectivity index (χ2n) is 6.45. The molecule has 0 saturated heterocycles. The number of rotatable bonds is 3. The first-order chi connectivity index (χ1) is 12.8. The van der Waals surface area contributed by atoms with Gasteiger partial charge in [-0.3, -0.25) is 0 Å². The van der Waals surface area contributed by atoms with Crippen LogP contribution in [-0.4, -0.2) is 23.0 Å². The monoisotopic (exact) mass is 344 g/mol. The van der Waals surface area contributed by atoms with E-state index in [2.05, 4.69) is 28.2 Å². The topological polar surface area (TPSA) is 52.1 Å². The number of aryl methyl sites for hydroxylation is 1. The van der Waals surface area contributed by atoms with Crippen LogP contribution in [0.25, 0.3) is 22.4 Å². The molecule has 0 N–H and O–H groups in total. The summed E-state index contributed by atoms with van der Waals surface area (Å²) >= 11 is 0. The quantitative estimate of drug-likeness (QED) is 0.658. The Morgan fingerprint density at radius 2 is 1.77 bits per heavy atom. The summed E-state index contributed by atoms with van der Waals surface area (Å²) in [6.45, 7) is 0. The molecular formula is C22H20N2O2. The molecule has 1 aliphatic rings. The number of carbonyl (C=O) groups is 1. The molecular weight excluding hydrogens is 324 g/mol. The summed E-state index contributed by atoms with van der Waals surface area (Å²) in [6.07, 6.45) is 5.89. The maximum Gasteiger partial charge on any atom is 0.357 e. The van der Waals surface area contributed by atoms with Gasteiger partial charge in [-0.25, -0.2) is 14.8 Å². The summed E-state index contributed by atoms with van der Waals surface area (Å²) in [4.78, 5) is 21.3. The van der Waals surface area contributed by atoms with Crippen LogP contribution in [0.3, 0.4) is 0 Å². The lowest BCUT2D eigenvalue weighted by molar-refractivity contribution is 0.0595. The standard InChI is InChI=1S/C22H20N2O2/c1-26-22(25)21-19(18-13-7-11-15-8-5-6-12-17(15)18)20(23-14-24-21)16-9-3-2-4-10-16/h2-4,7,9-11,13-14H,5-6,8,12H2,1H3. The van der Waals surface area contributed by atoms with Crippen LogP contribution in [0.4, 0.5) is 0 Å². The third kappa shape index (κ3) is 2.88. The van der Waals surface area contributed by atoms with Gasteiger partial charge in [-0.15, -0.1) is 0 Å². The summed E-state index contributed by atoms with van der Waals surface area (Å²) in [7, 11) is 1.39. The van der Waals surface area contributed by atoms with Crippen LogP contribution >= 0.6 is 0 Å². The highest BCUT2D eigenvalue weighted by molar-refractivity contribution is 6.00. The molecule has 1 aliphatic carbocycles. The predicted molar refractivity (Wildman–Crippen MR) is 101 cm³/mol. The number of esters is 1. The second-order valence-corrected chi connectivity index (χ2v) is 6.45. The Bertz CT molecular complexity index is 952. The molecule has 26 heavy (non-hydrogen) atoms. The van der Waals surface area contributed by atoms with Crippen molar-refractivity contribution in [1.29, 1.82) is 0 Å². The number of carbonyl (C=O) groups excluding carboxylic acids is 1. The van der Waals surface area contributed by atoms with E-state index < -0.39 is 5.97 Å². The van der Waals surface area contributed by atoms with Gasteiger partial charge in [0.05, 0.1) is 12.8 Å². The van der Waals surface area contributed by atoms with Crippen molar-refractivity contribution in [2.24, 2.45) is 0 Å². The summed E-state index contributed by atoms with van der Waals surface area (Å²) in [5.41, 5.74) is 6.51. The van der Waals surface area contributed by atoms with E-state index >= 15 is 0 Å². The van der Waals surface area contributed by atoms with Crippen LogP contribution in [0.2, 0.25) is 0 Å². The molecule has 0 bridgehead atoms. The van der Waals surface area contributed by atoms with Crippen LogP contribution in [0.15, 0.2) is 54.9 Å². The smallest absolute Gasteiger partial charge is 0.357 e. The van der Waals surface area contributed by atoms with Crippen LogP contribution in [0.5, 0.6) is 0 Å². The molecule has 4 nitrogen and oxygen atoms in total. The molecule has 0 spiro atoms. The van der Waals surface area contributed by atoms with Gasteiger partial charge in [0, 0.05) is 11.1 Å². The molecule has 3 aromatic rings. The van der Waals surface area contributed by atoms with Gasteiger partial charge in [0.15, 0.2) is 5.69 Å². The van der Waals surface area contributed by atoms with Gasteiger partial charge in [0.2, 0.25) is 0 Å². The Kier molecular flexibility index (Phi) is 4.48. The van der Waals surface area contributed by atoms with Gasteiger partial charge in [-0.1, -0.05) is 48.5 Å². The SMILES string of the molecule is COC(=O)c1ncnc(-c2ccccc2)c1-c1cccc2c1CCCC2. The largest absolute Gasteiger partial charge is 0.464 e. The van der Waals surface area contributed by atoms with Crippen molar-refractivity contribution >= 4 is 5.97 Å². The number of aromatic nitrogens is 2.